The lowest BCUT2D eigenvalue weighted by atomic mass is 10.0. The average molecular weight is 335 g/mol. The Balaban J connectivity index is 2.68. The SMILES string of the molecule is C=CCCC(=O)N[C@@H](CCc1ccccc1Cl)C(=O)OCC#N. The van der Waals surface area contributed by atoms with Crippen molar-refractivity contribution in [3.05, 3.63) is 47.5 Å². The van der Waals surface area contributed by atoms with Crippen molar-refractivity contribution in [3.8, 4) is 6.07 Å². The number of nitriles is 1. The highest BCUT2D eigenvalue weighted by Crippen LogP contribution is 2.17. The van der Waals surface area contributed by atoms with Gasteiger partial charge in [-0.3, -0.25) is 4.79 Å². The second-order valence-electron chi connectivity index (χ2n) is 4.84. The molecule has 0 spiro atoms. The van der Waals surface area contributed by atoms with Crippen molar-refractivity contribution in [2.45, 2.75) is 31.7 Å². The molecule has 0 heterocycles. The van der Waals surface area contributed by atoms with E-state index in [2.05, 4.69) is 11.9 Å². The minimum absolute atomic E-state index is 0.248. The molecule has 23 heavy (non-hydrogen) atoms. The maximum atomic E-state index is 12.0. The van der Waals surface area contributed by atoms with Crippen LogP contribution in [0.2, 0.25) is 5.02 Å². The fourth-order valence-corrected chi connectivity index (χ4v) is 2.18. The first-order valence-corrected chi connectivity index (χ1v) is 7.63. The lowest BCUT2D eigenvalue weighted by molar-refractivity contribution is -0.146. The number of rotatable bonds is 9. The van der Waals surface area contributed by atoms with Crippen molar-refractivity contribution in [2.24, 2.45) is 0 Å². The average Bonchev–Trinajstić information content (AvgIpc) is 2.55. The normalized spacial score (nSPS) is 11.1. The second kappa shape index (κ2) is 10.4. The molecule has 1 atom stereocenters. The Labute approximate surface area is 140 Å². The van der Waals surface area contributed by atoms with E-state index in [1.54, 1.807) is 18.2 Å². The molecule has 1 aromatic rings. The molecular formula is C17H19ClN2O3. The quantitative estimate of drug-likeness (QED) is 0.556. The third-order valence-corrected chi connectivity index (χ3v) is 3.50. The molecule has 0 radical (unpaired) electrons. The highest BCUT2D eigenvalue weighted by atomic mass is 35.5. The molecule has 0 aliphatic heterocycles. The number of allylic oxidation sites excluding steroid dienone is 1. The van der Waals surface area contributed by atoms with Gasteiger partial charge in [-0.05, 0) is 30.9 Å². The number of carbonyl (C=O) groups is 2. The molecule has 122 valence electrons. The van der Waals surface area contributed by atoms with Gasteiger partial charge in [0.2, 0.25) is 5.91 Å². The van der Waals surface area contributed by atoms with E-state index in [1.807, 2.05) is 18.2 Å². The number of aryl methyl sites for hydroxylation is 1. The van der Waals surface area contributed by atoms with Crippen LogP contribution in [0.3, 0.4) is 0 Å². The summed E-state index contributed by atoms with van der Waals surface area (Å²) >= 11 is 6.09. The summed E-state index contributed by atoms with van der Waals surface area (Å²) in [5.74, 6) is -0.881. The summed E-state index contributed by atoms with van der Waals surface area (Å²) in [6, 6.07) is 8.23. The first kappa shape index (κ1) is 18.7. The van der Waals surface area contributed by atoms with Gasteiger partial charge in [-0.2, -0.15) is 5.26 Å². The molecule has 0 bridgehead atoms. The predicted molar refractivity (Wildman–Crippen MR) is 87.7 cm³/mol. The van der Waals surface area contributed by atoms with E-state index < -0.39 is 12.0 Å². The van der Waals surface area contributed by atoms with Crippen LogP contribution in [0, 0.1) is 11.3 Å². The zero-order chi connectivity index (χ0) is 17.1. The first-order valence-electron chi connectivity index (χ1n) is 7.25. The van der Waals surface area contributed by atoms with Crippen LogP contribution in [0.5, 0.6) is 0 Å². The highest BCUT2D eigenvalue weighted by Gasteiger charge is 2.22. The second-order valence-corrected chi connectivity index (χ2v) is 5.25. The molecule has 1 aromatic carbocycles. The number of nitrogens with zero attached hydrogens (tertiary/aromatic N) is 1. The minimum Gasteiger partial charge on any atom is -0.449 e. The van der Waals surface area contributed by atoms with Crippen LogP contribution in [0.4, 0.5) is 0 Å². The largest absolute Gasteiger partial charge is 0.449 e. The van der Waals surface area contributed by atoms with Gasteiger partial charge < -0.3 is 10.1 Å². The number of hydrogen-bond donors (Lipinski definition) is 1. The van der Waals surface area contributed by atoms with Crippen molar-refractivity contribution in [2.75, 3.05) is 6.61 Å². The van der Waals surface area contributed by atoms with Crippen LogP contribution < -0.4 is 5.32 Å². The van der Waals surface area contributed by atoms with E-state index >= 15 is 0 Å². The number of benzene rings is 1. The van der Waals surface area contributed by atoms with Crippen molar-refractivity contribution in [1.29, 1.82) is 5.26 Å². The Hall–Kier alpha value is -2.32. The van der Waals surface area contributed by atoms with E-state index in [-0.39, 0.29) is 18.9 Å². The highest BCUT2D eigenvalue weighted by molar-refractivity contribution is 6.31. The summed E-state index contributed by atoms with van der Waals surface area (Å²) < 4.78 is 4.81. The molecule has 0 aliphatic rings. The third kappa shape index (κ3) is 6.98. The lowest BCUT2D eigenvalue weighted by Crippen LogP contribution is -2.42. The maximum absolute atomic E-state index is 12.0. The number of nitrogens with one attached hydrogen (secondary N) is 1. The topological polar surface area (TPSA) is 79.2 Å². The van der Waals surface area contributed by atoms with Crippen LogP contribution in [0.15, 0.2) is 36.9 Å². The summed E-state index contributed by atoms with van der Waals surface area (Å²) in [5.41, 5.74) is 0.882. The number of carbonyl (C=O) groups excluding carboxylic acids is 2. The Bertz CT molecular complexity index is 596. The van der Waals surface area contributed by atoms with Gasteiger partial charge in [0.05, 0.1) is 0 Å². The van der Waals surface area contributed by atoms with Gasteiger partial charge in [0.15, 0.2) is 6.61 Å². The van der Waals surface area contributed by atoms with E-state index in [9.17, 15) is 9.59 Å². The molecule has 0 unspecified atom stereocenters. The van der Waals surface area contributed by atoms with Crippen LogP contribution in [0.1, 0.15) is 24.8 Å². The zero-order valence-corrected chi connectivity index (χ0v) is 13.5. The van der Waals surface area contributed by atoms with Gasteiger partial charge in [0.1, 0.15) is 12.1 Å². The lowest BCUT2D eigenvalue weighted by Gasteiger charge is -2.17. The summed E-state index contributed by atoms with van der Waals surface area (Å²) in [7, 11) is 0. The summed E-state index contributed by atoms with van der Waals surface area (Å²) in [6.07, 6.45) is 3.25. The number of hydrogen-bond acceptors (Lipinski definition) is 4. The van der Waals surface area contributed by atoms with E-state index in [0.29, 0.717) is 24.3 Å². The molecule has 0 fully saturated rings. The van der Waals surface area contributed by atoms with E-state index in [0.717, 1.165) is 5.56 Å². The van der Waals surface area contributed by atoms with Crippen LogP contribution in [-0.2, 0) is 20.7 Å². The summed E-state index contributed by atoms with van der Waals surface area (Å²) in [4.78, 5) is 23.8. The number of halogens is 1. The van der Waals surface area contributed by atoms with Crippen LogP contribution in [-0.4, -0.2) is 24.5 Å². The molecule has 0 saturated heterocycles. The van der Waals surface area contributed by atoms with Crippen LogP contribution >= 0.6 is 11.6 Å². The van der Waals surface area contributed by atoms with Gasteiger partial charge >= 0.3 is 5.97 Å². The number of esters is 1. The fourth-order valence-electron chi connectivity index (χ4n) is 1.95. The van der Waals surface area contributed by atoms with Gasteiger partial charge in [-0.1, -0.05) is 35.9 Å². The standard InChI is InChI=1S/C17H19ClN2O3/c1-2-3-8-16(21)20-15(17(22)23-12-11-19)10-9-13-6-4-5-7-14(13)18/h2,4-7,15H,1,3,8-10,12H2,(H,20,21)/t15-/m0/s1. The van der Waals surface area contributed by atoms with Gasteiger partial charge in [-0.25, -0.2) is 4.79 Å². The number of amides is 1. The molecular weight excluding hydrogens is 316 g/mol. The van der Waals surface area contributed by atoms with Crippen molar-refractivity contribution >= 4 is 23.5 Å². The van der Waals surface area contributed by atoms with Gasteiger partial charge in [-0.15, -0.1) is 6.58 Å². The molecule has 6 heteroatoms. The van der Waals surface area contributed by atoms with Crippen LogP contribution in [0.25, 0.3) is 0 Å². The molecule has 1 N–H and O–H groups in total. The fraction of sp³-hybridized carbons (Fsp3) is 0.353. The molecule has 0 aromatic heterocycles. The third-order valence-electron chi connectivity index (χ3n) is 3.13. The first-order chi connectivity index (χ1) is 11.1. The number of ether oxygens (including phenoxy) is 1. The molecule has 5 nitrogen and oxygen atoms in total. The monoisotopic (exact) mass is 334 g/mol. The summed E-state index contributed by atoms with van der Waals surface area (Å²) in [6.45, 7) is 3.21. The van der Waals surface area contributed by atoms with Gasteiger partial charge in [0.25, 0.3) is 0 Å². The maximum Gasteiger partial charge on any atom is 0.329 e. The Kier molecular flexibility index (Phi) is 8.48. The van der Waals surface area contributed by atoms with Crippen molar-refractivity contribution in [1.82, 2.24) is 5.32 Å². The molecule has 0 saturated carbocycles. The Morgan fingerprint density at radius 2 is 2.17 bits per heavy atom. The predicted octanol–water partition coefficient (Wildman–Crippen LogP) is 2.79. The Morgan fingerprint density at radius 1 is 1.43 bits per heavy atom. The summed E-state index contributed by atoms with van der Waals surface area (Å²) in [5, 5.41) is 11.7. The molecule has 1 rings (SSSR count). The Morgan fingerprint density at radius 3 is 2.83 bits per heavy atom. The zero-order valence-electron chi connectivity index (χ0n) is 12.8. The van der Waals surface area contributed by atoms with Crippen molar-refractivity contribution in [3.63, 3.8) is 0 Å². The van der Waals surface area contributed by atoms with E-state index in [1.165, 1.54) is 0 Å². The minimum atomic E-state index is -0.808. The molecule has 0 aliphatic carbocycles. The van der Waals surface area contributed by atoms with E-state index in [4.69, 9.17) is 21.6 Å². The molecule has 1 amide bonds. The van der Waals surface area contributed by atoms with Crippen molar-refractivity contribution < 1.29 is 14.3 Å². The smallest absolute Gasteiger partial charge is 0.329 e. The van der Waals surface area contributed by atoms with Gasteiger partial charge in [0, 0.05) is 11.4 Å².